The van der Waals surface area contributed by atoms with Gasteiger partial charge in [0.05, 0.1) is 51.9 Å². The van der Waals surface area contributed by atoms with E-state index in [1.165, 1.54) is 43.8 Å². The number of rotatable bonds is 8. The molecule has 10 aromatic carbocycles. The number of benzene rings is 10. The monoisotopic (exact) mass is 1170 g/mol. The third-order valence-corrected chi connectivity index (χ3v) is 17.7. The predicted molar refractivity (Wildman–Crippen MR) is 372 cm³/mol. The number of nitrogens with zero attached hydrogens (tertiary/aromatic N) is 8. The van der Waals surface area contributed by atoms with E-state index < -0.39 is 0 Å². The van der Waals surface area contributed by atoms with E-state index in [1.807, 2.05) is 78.9 Å². The van der Waals surface area contributed by atoms with Crippen LogP contribution in [-0.2, 0) is 21.7 Å². The highest BCUT2D eigenvalue weighted by Crippen LogP contribution is 2.44. The third-order valence-electron chi connectivity index (χ3n) is 17.7. The number of hydrogen-bond donors (Lipinski definition) is 0. The Kier molecular flexibility index (Phi) is 14.2. The summed E-state index contributed by atoms with van der Waals surface area (Å²) in [7, 11) is 0. The Labute approximate surface area is 527 Å². The van der Waals surface area contributed by atoms with Crippen LogP contribution in [-0.4, -0.2) is 24.1 Å². The molecule has 0 radical (unpaired) electrons. The first-order valence-corrected chi connectivity index (χ1v) is 30.8. The molecule has 0 aliphatic heterocycles. The summed E-state index contributed by atoms with van der Waals surface area (Å²) in [4.78, 5) is 20.4. The van der Waals surface area contributed by atoms with Crippen LogP contribution >= 0.6 is 0 Å². The summed E-state index contributed by atoms with van der Waals surface area (Å²) < 4.78 is 4.72. The molecule has 8 nitrogen and oxygen atoms in total. The van der Waals surface area contributed by atoms with E-state index in [0.717, 1.165) is 83.5 Å². The SMILES string of the molecule is [C-]#[N+]c1cccc(-c2cc(-n3c4ccc(C(C)(C)C)cc4c4cc(C(C)(C)C)ccc43)ccc2-c2nc(-c3cccc(-c4ccc(C#N)cc4)c3)nc(-c3ccc(-n4c5ccc(C(C)(C)C)cc5c5cc(C(C)(C)C)ccc54)cc3-c3cccc(C#N)c3)n2)c1. The van der Waals surface area contributed by atoms with E-state index in [4.69, 9.17) is 21.5 Å². The Bertz CT molecular complexity index is 4780. The molecular formula is C82H70N8. The van der Waals surface area contributed by atoms with Crippen molar-refractivity contribution in [3.05, 3.63) is 251 Å². The normalized spacial score (nSPS) is 12.2. The maximum atomic E-state index is 10.4. The molecule has 13 rings (SSSR count). The van der Waals surface area contributed by atoms with Crippen molar-refractivity contribution < 1.29 is 0 Å². The fourth-order valence-electron chi connectivity index (χ4n) is 12.5. The van der Waals surface area contributed by atoms with Crippen LogP contribution in [0.4, 0.5) is 5.69 Å². The molecule has 0 spiro atoms. The lowest BCUT2D eigenvalue weighted by atomic mass is 9.85. The Morgan fingerprint density at radius 1 is 0.333 bits per heavy atom. The van der Waals surface area contributed by atoms with Gasteiger partial charge in [-0.1, -0.05) is 168 Å². The van der Waals surface area contributed by atoms with Crippen molar-refractivity contribution in [3.63, 3.8) is 0 Å². The Morgan fingerprint density at radius 2 is 0.722 bits per heavy atom. The quantitative estimate of drug-likeness (QED) is 0.141. The average Bonchev–Trinajstić information content (AvgIpc) is 1.48. The molecule has 3 aromatic heterocycles. The molecule has 438 valence electrons. The molecule has 0 saturated heterocycles. The molecule has 0 fully saturated rings. The van der Waals surface area contributed by atoms with Gasteiger partial charge in [0.25, 0.3) is 0 Å². The van der Waals surface area contributed by atoms with Crippen molar-refractivity contribution in [1.29, 1.82) is 10.5 Å². The van der Waals surface area contributed by atoms with Crippen LogP contribution in [0.3, 0.4) is 0 Å². The van der Waals surface area contributed by atoms with Crippen LogP contribution in [0.5, 0.6) is 0 Å². The number of aromatic nitrogens is 5. The van der Waals surface area contributed by atoms with Crippen LogP contribution in [0, 0.1) is 29.2 Å². The second kappa shape index (κ2) is 21.8. The van der Waals surface area contributed by atoms with Gasteiger partial charge in [-0.05, 0) is 199 Å². The van der Waals surface area contributed by atoms with Gasteiger partial charge in [-0.2, -0.15) is 10.5 Å². The smallest absolute Gasteiger partial charge is 0.187 e. The molecule has 90 heavy (non-hydrogen) atoms. The molecule has 3 heterocycles. The summed E-state index contributed by atoms with van der Waals surface area (Å²) in [6.45, 7) is 35.4. The van der Waals surface area contributed by atoms with E-state index in [-0.39, 0.29) is 21.7 Å². The second-order valence-corrected chi connectivity index (χ2v) is 28.0. The first kappa shape index (κ1) is 58.3. The highest BCUT2D eigenvalue weighted by atomic mass is 15.0. The van der Waals surface area contributed by atoms with E-state index in [2.05, 4.69) is 237 Å². The van der Waals surface area contributed by atoms with Gasteiger partial charge in [-0.3, -0.25) is 0 Å². The number of fused-ring (bicyclic) bond motifs is 6. The topological polar surface area (TPSA) is 100 Å². The molecule has 0 bridgehead atoms. The minimum atomic E-state index is -0.0670. The van der Waals surface area contributed by atoms with Crippen LogP contribution in [0.1, 0.15) is 116 Å². The van der Waals surface area contributed by atoms with Gasteiger partial charge in [0.15, 0.2) is 23.2 Å². The van der Waals surface area contributed by atoms with E-state index in [1.54, 1.807) is 0 Å². The van der Waals surface area contributed by atoms with Crippen LogP contribution in [0.2, 0.25) is 0 Å². The summed E-state index contributed by atoms with van der Waals surface area (Å²) >= 11 is 0. The third kappa shape index (κ3) is 10.7. The van der Waals surface area contributed by atoms with Crippen LogP contribution in [0.15, 0.2) is 206 Å². The standard InChI is InChI=1S/C82H70N8/c1-79(2,3)57-27-35-72-68(42-57)69-43-58(80(4,5)6)28-36-73(69)89(72)62-31-33-64(66(46-62)54-19-14-17-51(39-54)49-84)77-86-76(56-21-15-18-53(40-56)52-25-23-50(48-83)24-26-52)87-78(88-77)65-34-32-63(47-67(65)55-20-16-22-61(41-55)85-13)90-74-37-29-59(81(7,8)9)44-70(74)71-45-60(82(10,11)12)30-38-75(71)90/h14-47H,1-12H3. The lowest BCUT2D eigenvalue weighted by Crippen LogP contribution is -2.10. The van der Waals surface area contributed by atoms with Crippen molar-refractivity contribution in [2.75, 3.05) is 0 Å². The minimum Gasteiger partial charge on any atom is -0.309 e. The fraction of sp³-hybridized carbons (Fsp3) is 0.195. The highest BCUT2D eigenvalue weighted by Gasteiger charge is 2.26. The molecule has 13 aromatic rings. The zero-order chi connectivity index (χ0) is 63.2. The van der Waals surface area contributed by atoms with Crippen molar-refractivity contribution in [1.82, 2.24) is 24.1 Å². The molecule has 8 heteroatoms. The summed E-state index contributed by atoms with van der Waals surface area (Å²) in [5, 5.41) is 24.9. The molecule has 0 saturated carbocycles. The molecule has 0 amide bonds. The second-order valence-electron chi connectivity index (χ2n) is 28.0. The van der Waals surface area contributed by atoms with Gasteiger partial charge in [-0.25, -0.2) is 19.8 Å². The van der Waals surface area contributed by atoms with Gasteiger partial charge in [0, 0.05) is 49.6 Å². The molecule has 0 aliphatic rings. The van der Waals surface area contributed by atoms with Crippen LogP contribution in [0.25, 0.3) is 127 Å². The van der Waals surface area contributed by atoms with Crippen molar-refractivity contribution in [2.24, 2.45) is 0 Å². The maximum Gasteiger partial charge on any atom is 0.187 e. The molecule has 0 unspecified atom stereocenters. The molecule has 0 aliphatic carbocycles. The van der Waals surface area contributed by atoms with Gasteiger partial charge >= 0.3 is 0 Å². The highest BCUT2D eigenvalue weighted by molar-refractivity contribution is 6.11. The Hall–Kier alpha value is -10.7. The zero-order valence-corrected chi connectivity index (χ0v) is 53.2. The summed E-state index contributed by atoms with van der Waals surface area (Å²) in [6, 6.07) is 76.5. The Morgan fingerprint density at radius 3 is 1.14 bits per heavy atom. The van der Waals surface area contributed by atoms with Crippen molar-refractivity contribution in [2.45, 2.75) is 105 Å². The van der Waals surface area contributed by atoms with Crippen LogP contribution < -0.4 is 0 Å². The molecule has 0 atom stereocenters. The van der Waals surface area contributed by atoms with E-state index in [9.17, 15) is 10.5 Å². The van der Waals surface area contributed by atoms with E-state index in [0.29, 0.717) is 34.3 Å². The first-order chi connectivity index (χ1) is 42.9. The maximum absolute atomic E-state index is 10.4. The zero-order valence-electron chi connectivity index (χ0n) is 53.2. The van der Waals surface area contributed by atoms with Gasteiger partial charge in [-0.15, -0.1) is 0 Å². The summed E-state index contributed by atoms with van der Waals surface area (Å²) in [5.41, 5.74) is 20.1. The van der Waals surface area contributed by atoms with Crippen molar-refractivity contribution in [3.8, 4) is 91.1 Å². The summed E-state index contributed by atoms with van der Waals surface area (Å²) in [6.07, 6.45) is 0. The molecule has 0 N–H and O–H groups in total. The fourth-order valence-corrected chi connectivity index (χ4v) is 12.5. The minimum absolute atomic E-state index is 0.0659. The predicted octanol–water partition coefficient (Wildman–Crippen LogP) is 21.6. The van der Waals surface area contributed by atoms with Gasteiger partial charge < -0.3 is 9.13 Å². The first-order valence-electron chi connectivity index (χ1n) is 30.8. The number of hydrogen-bond acceptors (Lipinski definition) is 5. The average molecular weight is 1170 g/mol. The largest absolute Gasteiger partial charge is 0.309 e. The van der Waals surface area contributed by atoms with Crippen molar-refractivity contribution >= 4 is 49.3 Å². The number of nitriles is 2. The lowest BCUT2D eigenvalue weighted by Gasteiger charge is -2.19. The molecular weight excluding hydrogens is 1100 g/mol. The van der Waals surface area contributed by atoms with Gasteiger partial charge in [0.2, 0.25) is 0 Å². The van der Waals surface area contributed by atoms with E-state index >= 15 is 0 Å². The summed E-state index contributed by atoms with van der Waals surface area (Å²) in [5.74, 6) is 1.33. The van der Waals surface area contributed by atoms with Gasteiger partial charge in [0.1, 0.15) is 0 Å². The Balaban J connectivity index is 1.08. The lowest BCUT2D eigenvalue weighted by molar-refractivity contribution is 0.590.